The van der Waals surface area contributed by atoms with E-state index in [0.29, 0.717) is 17.9 Å². The predicted octanol–water partition coefficient (Wildman–Crippen LogP) is 9.00. The fourth-order valence-corrected chi connectivity index (χ4v) is 9.01. The van der Waals surface area contributed by atoms with E-state index in [0.717, 1.165) is 63.8 Å². The van der Waals surface area contributed by atoms with Gasteiger partial charge in [0.05, 0.1) is 11.0 Å². The summed E-state index contributed by atoms with van der Waals surface area (Å²) in [5.41, 5.74) is 7.76. The Morgan fingerprint density at radius 2 is 1.61 bits per heavy atom. The molecular formula is C38H46O3. The molecule has 3 heteroatoms. The Balaban J connectivity index is 1.63. The summed E-state index contributed by atoms with van der Waals surface area (Å²) in [6.45, 7) is 18.4. The lowest BCUT2D eigenvalue weighted by Gasteiger charge is -2.59. The van der Waals surface area contributed by atoms with E-state index in [1.54, 1.807) is 0 Å². The topological polar surface area (TPSA) is 51.2 Å². The van der Waals surface area contributed by atoms with Crippen molar-refractivity contribution in [1.82, 2.24) is 0 Å². The van der Waals surface area contributed by atoms with Gasteiger partial charge in [0, 0.05) is 16.6 Å². The maximum Gasteiger partial charge on any atom is 0.190 e. The van der Waals surface area contributed by atoms with Crippen LogP contribution in [0.3, 0.4) is 0 Å². The van der Waals surface area contributed by atoms with Crippen molar-refractivity contribution in [3.8, 4) is 11.1 Å². The zero-order valence-electron chi connectivity index (χ0n) is 26.5. The minimum atomic E-state index is -0.883. The minimum Gasteiger partial charge on any atom is -0.294 e. The van der Waals surface area contributed by atoms with Gasteiger partial charge in [0.2, 0.25) is 0 Å². The highest BCUT2D eigenvalue weighted by molar-refractivity contribution is 6.24. The average molecular weight is 551 g/mol. The third-order valence-corrected chi connectivity index (χ3v) is 11.0. The van der Waals surface area contributed by atoms with Crippen molar-refractivity contribution in [1.29, 1.82) is 0 Å². The number of allylic oxidation sites excluding steroid dienone is 4. The van der Waals surface area contributed by atoms with Crippen molar-refractivity contribution in [3.63, 3.8) is 0 Å². The Labute approximate surface area is 246 Å². The molecule has 0 heterocycles. The van der Waals surface area contributed by atoms with E-state index >= 15 is 0 Å². The van der Waals surface area contributed by atoms with Crippen LogP contribution >= 0.6 is 0 Å². The van der Waals surface area contributed by atoms with Crippen LogP contribution in [0.15, 0.2) is 58.7 Å². The van der Waals surface area contributed by atoms with Crippen LogP contribution in [0.5, 0.6) is 0 Å². The zero-order chi connectivity index (χ0) is 30.1. The first-order chi connectivity index (χ1) is 19.2. The van der Waals surface area contributed by atoms with Gasteiger partial charge in [-0.1, -0.05) is 88.1 Å². The second-order valence-electron chi connectivity index (χ2n) is 14.2. The Morgan fingerprint density at radius 3 is 2.22 bits per heavy atom. The SMILES string of the molecule is CCCC(C)Cc1ccc(-c2ccc(C)c3c2CC2(C)CC4(C)CC(C)=C(C(C)=O)C(=O)C4(C)C(C)=C2C3=O)cc1. The van der Waals surface area contributed by atoms with Gasteiger partial charge in [0.25, 0.3) is 0 Å². The Hall–Kier alpha value is -3.07. The lowest BCUT2D eigenvalue weighted by atomic mass is 9.42. The number of fused-ring (bicyclic) bond motifs is 3. The summed E-state index contributed by atoms with van der Waals surface area (Å²) in [6.07, 6.45) is 5.69. The summed E-state index contributed by atoms with van der Waals surface area (Å²) in [5, 5.41) is 0. The standard InChI is InChI=1S/C38H46O3/c1-10-11-22(2)18-27-13-15-28(16-14-27)29-17-12-23(3)32-30(29)20-36(7)21-37(8)19-24(4)31(26(6)39)35(41)38(37,9)25(5)33(36)34(32)40/h12-17,22H,10-11,18-21H2,1-9H3. The molecule has 216 valence electrons. The maximum atomic E-state index is 14.6. The molecule has 41 heavy (non-hydrogen) atoms. The molecule has 0 fully saturated rings. The molecule has 0 radical (unpaired) electrons. The van der Waals surface area contributed by atoms with E-state index in [-0.39, 0.29) is 22.8 Å². The molecule has 3 aliphatic rings. The molecule has 0 aromatic heterocycles. The smallest absolute Gasteiger partial charge is 0.190 e. The lowest BCUT2D eigenvalue weighted by Crippen LogP contribution is -2.57. The van der Waals surface area contributed by atoms with E-state index in [1.807, 2.05) is 27.7 Å². The van der Waals surface area contributed by atoms with Crippen LogP contribution < -0.4 is 0 Å². The monoisotopic (exact) mass is 550 g/mol. The molecule has 0 spiro atoms. The molecule has 3 nitrogen and oxygen atoms in total. The molecule has 2 aromatic rings. The van der Waals surface area contributed by atoms with Crippen molar-refractivity contribution < 1.29 is 14.4 Å². The number of rotatable bonds is 6. The van der Waals surface area contributed by atoms with Crippen LogP contribution in [0.4, 0.5) is 0 Å². The summed E-state index contributed by atoms with van der Waals surface area (Å²) in [5.74, 6) is 0.440. The Bertz CT molecular complexity index is 1530. The van der Waals surface area contributed by atoms with Crippen molar-refractivity contribution >= 4 is 17.3 Å². The first-order valence-corrected chi connectivity index (χ1v) is 15.4. The highest BCUT2D eigenvalue weighted by Gasteiger charge is 2.63. The summed E-state index contributed by atoms with van der Waals surface area (Å²) >= 11 is 0. The number of Topliss-reactive ketones (excluding diaryl/α,β-unsaturated/α-hetero) is 3. The molecule has 2 aromatic carbocycles. The third kappa shape index (κ3) is 4.34. The second-order valence-corrected chi connectivity index (χ2v) is 14.2. The van der Waals surface area contributed by atoms with Gasteiger partial charge >= 0.3 is 0 Å². The van der Waals surface area contributed by atoms with E-state index in [2.05, 4.69) is 64.1 Å². The molecule has 0 saturated heterocycles. The Morgan fingerprint density at radius 1 is 0.951 bits per heavy atom. The first-order valence-electron chi connectivity index (χ1n) is 15.4. The quantitative estimate of drug-likeness (QED) is 0.337. The molecule has 4 atom stereocenters. The van der Waals surface area contributed by atoms with E-state index in [1.165, 1.54) is 25.3 Å². The average Bonchev–Trinajstić information content (AvgIpc) is 2.86. The van der Waals surface area contributed by atoms with Gasteiger partial charge < -0.3 is 0 Å². The summed E-state index contributed by atoms with van der Waals surface area (Å²) < 4.78 is 0. The molecule has 0 saturated carbocycles. The third-order valence-electron chi connectivity index (χ3n) is 11.0. The summed E-state index contributed by atoms with van der Waals surface area (Å²) in [4.78, 5) is 41.2. The van der Waals surface area contributed by atoms with Crippen LogP contribution in [-0.4, -0.2) is 17.3 Å². The van der Waals surface area contributed by atoms with Gasteiger partial charge in [-0.15, -0.1) is 0 Å². The highest BCUT2D eigenvalue weighted by atomic mass is 16.2. The summed E-state index contributed by atoms with van der Waals surface area (Å²) in [7, 11) is 0. The molecule has 0 aliphatic heterocycles. The number of aryl methyl sites for hydroxylation is 1. The second kappa shape index (κ2) is 10.0. The van der Waals surface area contributed by atoms with Crippen molar-refractivity contribution in [3.05, 3.63) is 80.9 Å². The number of carbonyl (C=O) groups excluding carboxylic acids is 3. The van der Waals surface area contributed by atoms with Gasteiger partial charge in [-0.05, 0) is 99.5 Å². The van der Waals surface area contributed by atoms with Crippen LogP contribution in [0, 0.1) is 29.1 Å². The number of ketones is 3. The molecule has 5 rings (SSSR count). The first kappa shape index (κ1) is 29.4. The van der Waals surface area contributed by atoms with Crippen LogP contribution in [0.2, 0.25) is 0 Å². The number of hydrogen-bond donors (Lipinski definition) is 0. The number of carbonyl (C=O) groups is 3. The van der Waals surface area contributed by atoms with Gasteiger partial charge in [-0.3, -0.25) is 14.4 Å². The summed E-state index contributed by atoms with van der Waals surface area (Å²) in [6, 6.07) is 13.2. The van der Waals surface area contributed by atoms with Gasteiger partial charge in [0.15, 0.2) is 17.3 Å². The zero-order valence-corrected chi connectivity index (χ0v) is 26.5. The van der Waals surface area contributed by atoms with Crippen molar-refractivity contribution in [2.75, 3.05) is 0 Å². The number of hydrogen-bond acceptors (Lipinski definition) is 3. The van der Waals surface area contributed by atoms with Crippen LogP contribution in [0.25, 0.3) is 11.1 Å². The van der Waals surface area contributed by atoms with Crippen molar-refractivity contribution in [2.45, 2.75) is 101 Å². The fraction of sp³-hybridized carbons (Fsp3) is 0.500. The predicted molar refractivity (Wildman–Crippen MR) is 167 cm³/mol. The van der Waals surface area contributed by atoms with Crippen LogP contribution in [0.1, 0.15) is 108 Å². The fourth-order valence-electron chi connectivity index (χ4n) is 9.01. The minimum absolute atomic E-state index is 0.0577. The van der Waals surface area contributed by atoms with Gasteiger partial charge in [-0.25, -0.2) is 0 Å². The molecule has 0 bridgehead atoms. The van der Waals surface area contributed by atoms with Gasteiger partial charge in [-0.2, -0.15) is 0 Å². The van der Waals surface area contributed by atoms with E-state index < -0.39 is 10.8 Å². The van der Waals surface area contributed by atoms with E-state index in [9.17, 15) is 14.4 Å². The number of benzene rings is 2. The molecule has 0 N–H and O–H groups in total. The normalized spacial score (nSPS) is 28.3. The molecule has 3 aliphatic carbocycles. The van der Waals surface area contributed by atoms with Gasteiger partial charge in [0.1, 0.15) is 0 Å². The highest BCUT2D eigenvalue weighted by Crippen LogP contribution is 2.66. The Kier molecular flexibility index (Phi) is 7.20. The molecule has 0 amide bonds. The molecular weight excluding hydrogens is 504 g/mol. The lowest BCUT2D eigenvalue weighted by molar-refractivity contribution is -0.134. The molecule has 4 unspecified atom stereocenters. The van der Waals surface area contributed by atoms with Crippen molar-refractivity contribution in [2.24, 2.45) is 22.2 Å². The maximum absolute atomic E-state index is 14.6. The van der Waals surface area contributed by atoms with Crippen LogP contribution in [-0.2, 0) is 22.4 Å². The van der Waals surface area contributed by atoms with E-state index in [4.69, 9.17) is 0 Å². The largest absolute Gasteiger partial charge is 0.294 e.